The number of amides is 4. The van der Waals surface area contributed by atoms with Crippen LogP contribution in [0.25, 0.3) is 44.1 Å². The molecule has 3 atom stereocenters. The van der Waals surface area contributed by atoms with Gasteiger partial charge < -0.3 is 80.5 Å². The number of aryl methyl sites for hydroxylation is 2. The summed E-state index contributed by atoms with van der Waals surface area (Å²) in [5.74, 6) is -3.61. The van der Waals surface area contributed by atoms with Gasteiger partial charge in [0.15, 0.2) is 11.9 Å². The van der Waals surface area contributed by atoms with Crippen LogP contribution >= 0.6 is 0 Å². The molecule has 14 N–H and O–H groups in total. The largest absolute Gasteiger partial charge is 0.480 e. The third-order valence-corrected chi connectivity index (χ3v) is 25.7. The van der Waals surface area contributed by atoms with Crippen LogP contribution in [0.1, 0.15) is 79.0 Å². The van der Waals surface area contributed by atoms with Crippen molar-refractivity contribution < 1.29 is 101 Å². The van der Waals surface area contributed by atoms with Gasteiger partial charge in [0.1, 0.15) is 12.1 Å². The monoisotopic (exact) mass is 1850 g/mol. The molecule has 40 nitrogen and oxygen atoms in total. The number of benzene rings is 6. The van der Waals surface area contributed by atoms with E-state index in [0.29, 0.717) is 169 Å². The molecule has 6 aromatic carbocycles. The van der Waals surface area contributed by atoms with Crippen molar-refractivity contribution in [2.24, 2.45) is 5.92 Å². The maximum absolute atomic E-state index is 13.4. The molecule has 44 heteroatoms. The molecule has 0 fully saturated rings. The summed E-state index contributed by atoms with van der Waals surface area (Å²) < 4.78 is 152. The highest BCUT2D eigenvalue weighted by Gasteiger charge is 2.29. The van der Waals surface area contributed by atoms with E-state index in [4.69, 9.17) is 28.4 Å². The highest BCUT2D eigenvalue weighted by molar-refractivity contribution is 7.90. The van der Waals surface area contributed by atoms with Gasteiger partial charge in [-0.3, -0.25) is 38.1 Å². The van der Waals surface area contributed by atoms with Crippen LogP contribution in [-0.2, 0) is 101 Å². The van der Waals surface area contributed by atoms with Gasteiger partial charge >= 0.3 is 11.9 Å². The number of hydrogen-bond donors (Lipinski definition) is 14. The predicted molar refractivity (Wildman–Crippen MR) is 473 cm³/mol. The third-order valence-electron chi connectivity index (χ3n) is 19.7. The fourth-order valence-corrected chi connectivity index (χ4v) is 17.2. The lowest BCUT2D eigenvalue weighted by atomic mass is 10.0. The quantitative estimate of drug-likeness (QED) is 0.0221. The Bertz CT molecular complexity index is 5680. The first-order chi connectivity index (χ1) is 61.7. The number of carboxylic acids is 2. The molecule has 0 aliphatic rings. The third kappa shape index (κ3) is 31.8. The molecule has 0 spiro atoms. The van der Waals surface area contributed by atoms with Crippen molar-refractivity contribution >= 4 is 109 Å². The molecular formula is C84H108N18O22S4. The number of carboxylic acid groups (broad SMARTS) is 2. The van der Waals surface area contributed by atoms with E-state index in [2.05, 4.69) is 80.9 Å². The smallest absolute Gasteiger partial charge is 0.323 e. The number of carbonyl (C=O) groups excluding carboxylic acids is 4. The van der Waals surface area contributed by atoms with Crippen molar-refractivity contribution in [3.8, 4) is 22.3 Å². The van der Waals surface area contributed by atoms with Crippen molar-refractivity contribution in [1.29, 1.82) is 0 Å². The first-order valence-corrected chi connectivity index (χ1v) is 47.5. The summed E-state index contributed by atoms with van der Waals surface area (Å²) in [7, 11) is -16.5. The van der Waals surface area contributed by atoms with E-state index < -0.39 is 89.0 Å². The number of ether oxygens (including phenoxy) is 6. The summed E-state index contributed by atoms with van der Waals surface area (Å²) in [5, 5.41) is 47.1. The van der Waals surface area contributed by atoms with E-state index in [1.807, 2.05) is 0 Å². The van der Waals surface area contributed by atoms with Gasteiger partial charge in [0.25, 0.3) is 11.8 Å². The summed E-state index contributed by atoms with van der Waals surface area (Å²) >= 11 is 0. The number of imidazole rings is 2. The predicted octanol–water partition coefficient (Wildman–Crippen LogP) is 5.06. The Morgan fingerprint density at radius 1 is 0.406 bits per heavy atom. The molecule has 10 rings (SSSR count). The van der Waals surface area contributed by atoms with Gasteiger partial charge in [0, 0.05) is 151 Å². The summed E-state index contributed by atoms with van der Waals surface area (Å²) in [4.78, 5) is 89.4. The maximum atomic E-state index is 13.4. The van der Waals surface area contributed by atoms with E-state index in [0.717, 1.165) is 23.9 Å². The maximum Gasteiger partial charge on any atom is 0.323 e. The Hall–Kier alpha value is -11.5. The van der Waals surface area contributed by atoms with Crippen LogP contribution in [0.15, 0.2) is 190 Å². The average Bonchev–Trinajstić information content (AvgIpc) is 1.66. The van der Waals surface area contributed by atoms with Crippen LogP contribution in [0.4, 0.5) is 11.9 Å². The Kier molecular flexibility index (Phi) is 38.8. The van der Waals surface area contributed by atoms with Crippen LogP contribution in [0.3, 0.4) is 0 Å². The number of aliphatic carboxylic acids is 2. The second kappa shape index (κ2) is 50.3. The summed E-state index contributed by atoms with van der Waals surface area (Å²) in [6.45, 7) is 7.98. The lowest BCUT2D eigenvalue weighted by Crippen LogP contribution is -2.48. The van der Waals surface area contributed by atoms with Crippen molar-refractivity contribution in [3.05, 3.63) is 182 Å². The molecule has 4 amide bonds. The van der Waals surface area contributed by atoms with Crippen molar-refractivity contribution in [2.45, 2.75) is 103 Å². The fourth-order valence-electron chi connectivity index (χ4n) is 12.7. The molecule has 0 radical (unpaired) electrons. The van der Waals surface area contributed by atoms with E-state index in [9.17, 15) is 72.7 Å². The zero-order valence-corrected chi connectivity index (χ0v) is 73.8. The lowest BCUT2D eigenvalue weighted by Gasteiger charge is -2.16. The van der Waals surface area contributed by atoms with Gasteiger partial charge in [-0.15, -0.1) is 0 Å². The minimum Gasteiger partial charge on any atom is -0.480 e. The van der Waals surface area contributed by atoms with E-state index in [1.165, 1.54) is 72.8 Å². The van der Waals surface area contributed by atoms with Crippen LogP contribution < -0.4 is 50.8 Å². The van der Waals surface area contributed by atoms with Crippen molar-refractivity contribution in [3.63, 3.8) is 0 Å². The summed E-state index contributed by atoms with van der Waals surface area (Å²) in [6.07, 6.45) is 14.0. The van der Waals surface area contributed by atoms with Gasteiger partial charge in [-0.05, 0) is 152 Å². The van der Waals surface area contributed by atoms with E-state index in [-0.39, 0.29) is 94.4 Å². The first kappa shape index (κ1) is 98.7. The number of rotatable bonds is 62. The molecular weight excluding hydrogens is 1740 g/mol. The molecule has 4 heterocycles. The zero-order valence-electron chi connectivity index (χ0n) is 70.5. The molecule has 690 valence electrons. The number of anilines is 2. The molecule has 0 saturated carbocycles. The number of aromatic nitrogens is 8. The molecule has 0 aliphatic heterocycles. The van der Waals surface area contributed by atoms with Crippen LogP contribution in [0, 0.1) is 5.92 Å². The lowest BCUT2D eigenvalue weighted by molar-refractivity contribution is -0.139. The molecule has 4 aromatic heterocycles. The number of H-pyrrole nitrogens is 2. The Balaban J connectivity index is 0.473. The molecule has 0 bridgehead atoms. The number of aromatic amines is 2. The van der Waals surface area contributed by atoms with Gasteiger partial charge in [-0.1, -0.05) is 55.5 Å². The minimum atomic E-state index is -4.38. The van der Waals surface area contributed by atoms with Gasteiger partial charge in [0.05, 0.1) is 95.9 Å². The van der Waals surface area contributed by atoms with E-state index >= 15 is 0 Å². The second-order valence-corrected chi connectivity index (χ2v) is 36.2. The fraction of sp³-hybridized carbons (Fsp3) is 0.405. The Morgan fingerprint density at radius 3 is 1.10 bits per heavy atom. The molecule has 10 aromatic rings. The van der Waals surface area contributed by atoms with Gasteiger partial charge in [-0.25, -0.2) is 53.1 Å². The van der Waals surface area contributed by atoms with Crippen LogP contribution in [-0.4, -0.2) is 263 Å². The average molecular weight is 1850 g/mol. The number of hydrogen-bond acceptors (Lipinski definition) is 26. The summed E-state index contributed by atoms with van der Waals surface area (Å²) in [5.41, 5.74) is 4.34. The van der Waals surface area contributed by atoms with Gasteiger partial charge in [-0.2, -0.15) is 19.6 Å². The first-order valence-electron chi connectivity index (χ1n) is 41.6. The van der Waals surface area contributed by atoms with Crippen LogP contribution in [0.2, 0.25) is 0 Å². The number of nitrogens with one attached hydrogen (secondary N) is 12. The van der Waals surface area contributed by atoms with E-state index in [1.54, 1.807) is 114 Å². The van der Waals surface area contributed by atoms with Crippen molar-refractivity contribution in [1.82, 2.24) is 79.7 Å². The number of fused-ring (bicyclic) bond motifs is 2. The van der Waals surface area contributed by atoms with Gasteiger partial charge in [0.2, 0.25) is 51.9 Å². The normalized spacial score (nSPS) is 12.7. The Morgan fingerprint density at radius 2 is 0.750 bits per heavy atom. The SMILES string of the molecule is C[C@@H](CCC(=O)NCCCOCCOCCOCCCNS(=O)(=O)c1ccc(-c2ccc(S(=O)(=O)N[C@@H](CNC(=O)c3ccc4c(cnn4CCCNc4ncc[nH]4)c3)C(=O)O)cc2)cc1)C(=O)NCCCOCCOCCOCCCNS(=O)(=O)c1ccc(-c2ccc(S(=O)(=O)N[C@@H](CNC(=O)c3ccc4c(cnn4CCCNc4ncc[nH]4)c3)C(=O)O)cc2)cc1. The molecule has 0 aliphatic carbocycles. The molecule has 128 heavy (non-hydrogen) atoms. The number of nitrogens with zero attached hydrogens (tertiary/aromatic N) is 6. The standard InChI is InChI=1S/C84H108N18O22S4/c1-60(78(104)86-33-5-43-120-47-51-124-53-49-122-45-7-35-98-126(113,114)70-21-11-62(12-22-70)64-15-25-72(26-16-64)128(117,118)100-74(82(109)110)59-94-80(106)66-18-28-76-68(55-66)57-96-102(76)41-3-31-88-84-91-38-39-92-84)8-29-77(103)85-32-4-42-119-46-50-123-52-48-121-44-6-34-97-125(111,112)69-19-9-61(10-20-69)63-13-23-71(24-14-63)127(115,116)99-73(81(107)108)58-93-79(105)65-17-27-75-67(54-65)56-95-101(75)40-2-30-87-83-89-36-37-90-83/h9-28,36-39,54-57,60,73-74,97-100H,2-8,29-35,40-53,58-59H2,1H3,(H,85,103)(H,86,104)(H,93,105)(H,94,106)(H,107,108)(H,109,110)(H2,87,89,90)(H2,88,91,92)/t60-,73-,74-/m0/s1. The van der Waals surface area contributed by atoms with Crippen LogP contribution in [0.5, 0.6) is 0 Å². The summed E-state index contributed by atoms with van der Waals surface area (Å²) in [6, 6.07) is 29.6. The highest BCUT2D eigenvalue weighted by atomic mass is 32.2. The topological polar surface area (TPSA) is 548 Å². The number of sulfonamides is 4. The highest BCUT2D eigenvalue weighted by Crippen LogP contribution is 2.27. The number of carbonyl (C=O) groups is 6. The molecule has 0 unspecified atom stereocenters. The van der Waals surface area contributed by atoms with Crippen molar-refractivity contribution in [2.75, 3.05) is 142 Å². The zero-order chi connectivity index (χ0) is 91.2. The second-order valence-electron chi connectivity index (χ2n) is 29.2. The minimum absolute atomic E-state index is 0.0127. The Labute approximate surface area is 741 Å². The molecule has 0 saturated heterocycles.